The number of nitrogens with one attached hydrogen (secondary N) is 1. The smallest absolute Gasteiger partial charge is 0.248 e. The number of fused-ring (bicyclic) bond motifs is 1. The van der Waals surface area contributed by atoms with Gasteiger partial charge in [0.15, 0.2) is 0 Å². The minimum absolute atomic E-state index is 0.133. The SMILES string of the molecule is CCOc1cc2occ(-c3cccc(Br)c3)c2cc1/C(C)=C/C(=O)Nc1ccccc1F. The molecule has 3 aromatic carbocycles. The van der Waals surface area contributed by atoms with Crippen molar-refractivity contribution in [2.24, 2.45) is 0 Å². The Kier molecular flexibility index (Phi) is 6.42. The van der Waals surface area contributed by atoms with E-state index in [1.165, 1.54) is 18.2 Å². The number of hydrogen-bond acceptors (Lipinski definition) is 3. The number of hydrogen-bond donors (Lipinski definition) is 1. The fraction of sp³-hybridized carbons (Fsp3) is 0.115. The van der Waals surface area contributed by atoms with Crippen molar-refractivity contribution in [3.63, 3.8) is 0 Å². The summed E-state index contributed by atoms with van der Waals surface area (Å²) in [5.41, 5.74) is 4.22. The topological polar surface area (TPSA) is 51.5 Å². The molecule has 1 heterocycles. The molecule has 0 unspecified atom stereocenters. The Hall–Kier alpha value is -3.38. The molecule has 0 aliphatic rings. The van der Waals surface area contributed by atoms with E-state index < -0.39 is 11.7 Å². The highest BCUT2D eigenvalue weighted by Crippen LogP contribution is 2.38. The molecule has 0 radical (unpaired) electrons. The second kappa shape index (κ2) is 9.40. The zero-order valence-corrected chi connectivity index (χ0v) is 19.2. The number of benzene rings is 3. The number of para-hydroxylation sites is 1. The first-order valence-corrected chi connectivity index (χ1v) is 10.9. The van der Waals surface area contributed by atoms with Crippen molar-refractivity contribution in [1.29, 1.82) is 0 Å². The van der Waals surface area contributed by atoms with E-state index in [0.717, 1.165) is 26.5 Å². The summed E-state index contributed by atoms with van der Waals surface area (Å²) < 4.78 is 26.5. The molecule has 0 aliphatic carbocycles. The number of allylic oxidation sites excluding steroid dienone is 1. The fourth-order valence-electron chi connectivity index (χ4n) is 3.52. The summed E-state index contributed by atoms with van der Waals surface area (Å²) >= 11 is 3.51. The van der Waals surface area contributed by atoms with Crippen LogP contribution in [0.15, 0.2) is 81.9 Å². The molecule has 0 spiro atoms. The third-order valence-electron chi connectivity index (χ3n) is 5.02. The summed E-state index contributed by atoms with van der Waals surface area (Å²) in [5.74, 6) is -0.294. The Balaban J connectivity index is 1.74. The number of ether oxygens (including phenoxy) is 1. The quantitative estimate of drug-likeness (QED) is 0.284. The first kappa shape index (κ1) is 21.8. The Morgan fingerprint density at radius 1 is 1.16 bits per heavy atom. The standard InChI is InChI=1S/C26H21BrFNO3/c1-3-31-24-14-25-20(21(15-32-25)17-7-6-8-18(27)12-17)13-19(24)16(2)11-26(30)29-23-10-5-4-9-22(23)28/h4-15H,3H2,1-2H3,(H,29,30)/b16-11+. The van der Waals surface area contributed by atoms with Crippen LogP contribution < -0.4 is 10.1 Å². The van der Waals surface area contributed by atoms with Gasteiger partial charge in [-0.15, -0.1) is 0 Å². The summed E-state index contributed by atoms with van der Waals surface area (Å²) in [4.78, 5) is 12.5. The molecule has 32 heavy (non-hydrogen) atoms. The van der Waals surface area contributed by atoms with Gasteiger partial charge in [0.1, 0.15) is 17.1 Å². The third kappa shape index (κ3) is 4.60. The maximum Gasteiger partial charge on any atom is 0.248 e. The van der Waals surface area contributed by atoms with Crippen LogP contribution >= 0.6 is 15.9 Å². The van der Waals surface area contributed by atoms with E-state index in [2.05, 4.69) is 21.2 Å². The van der Waals surface area contributed by atoms with Crippen LogP contribution in [-0.4, -0.2) is 12.5 Å². The van der Waals surface area contributed by atoms with Crippen molar-refractivity contribution in [1.82, 2.24) is 0 Å². The van der Waals surface area contributed by atoms with Gasteiger partial charge >= 0.3 is 0 Å². The highest BCUT2D eigenvalue weighted by molar-refractivity contribution is 9.10. The number of rotatable bonds is 6. The van der Waals surface area contributed by atoms with Crippen molar-refractivity contribution in [3.05, 3.63) is 88.9 Å². The maximum atomic E-state index is 13.9. The molecule has 1 N–H and O–H groups in total. The molecule has 0 bridgehead atoms. The molecule has 6 heteroatoms. The molecule has 0 atom stereocenters. The molecule has 1 amide bonds. The molecule has 162 valence electrons. The van der Waals surface area contributed by atoms with Crippen molar-refractivity contribution in [3.8, 4) is 16.9 Å². The molecular formula is C26H21BrFNO3. The summed E-state index contributed by atoms with van der Waals surface area (Å²) in [6, 6.07) is 17.8. The molecule has 4 aromatic rings. The van der Waals surface area contributed by atoms with E-state index in [1.54, 1.807) is 18.4 Å². The second-order valence-electron chi connectivity index (χ2n) is 7.23. The summed E-state index contributed by atoms with van der Waals surface area (Å²) in [5, 5.41) is 3.49. The molecular weight excluding hydrogens is 473 g/mol. The highest BCUT2D eigenvalue weighted by atomic mass is 79.9. The van der Waals surface area contributed by atoms with E-state index in [0.29, 0.717) is 23.5 Å². The van der Waals surface area contributed by atoms with Gasteiger partial charge in [0, 0.05) is 33.1 Å². The van der Waals surface area contributed by atoms with Gasteiger partial charge < -0.3 is 14.5 Å². The Labute approximate surface area is 193 Å². The van der Waals surface area contributed by atoms with Crippen LogP contribution in [0.2, 0.25) is 0 Å². The number of carbonyl (C=O) groups is 1. The van der Waals surface area contributed by atoms with Crippen LogP contribution in [0, 0.1) is 5.82 Å². The number of amides is 1. The third-order valence-corrected chi connectivity index (χ3v) is 5.51. The summed E-state index contributed by atoms with van der Waals surface area (Å²) in [6.07, 6.45) is 3.16. The molecule has 0 saturated heterocycles. The van der Waals surface area contributed by atoms with Gasteiger partial charge in [-0.2, -0.15) is 0 Å². The Bertz CT molecular complexity index is 1330. The minimum Gasteiger partial charge on any atom is -0.493 e. The molecule has 0 fully saturated rings. The van der Waals surface area contributed by atoms with Crippen molar-refractivity contribution in [2.75, 3.05) is 11.9 Å². The Morgan fingerprint density at radius 3 is 2.72 bits per heavy atom. The van der Waals surface area contributed by atoms with E-state index in [-0.39, 0.29) is 5.69 Å². The van der Waals surface area contributed by atoms with Crippen LogP contribution in [0.5, 0.6) is 5.75 Å². The van der Waals surface area contributed by atoms with Crippen molar-refractivity contribution < 1.29 is 18.3 Å². The predicted octanol–water partition coefficient (Wildman–Crippen LogP) is 7.44. The molecule has 0 saturated carbocycles. The zero-order chi connectivity index (χ0) is 22.7. The maximum absolute atomic E-state index is 13.9. The average Bonchev–Trinajstić information content (AvgIpc) is 3.18. The average molecular weight is 494 g/mol. The monoisotopic (exact) mass is 493 g/mol. The summed E-state index contributed by atoms with van der Waals surface area (Å²) in [7, 11) is 0. The van der Waals surface area contributed by atoms with Crippen LogP contribution in [0.25, 0.3) is 27.7 Å². The molecule has 0 aliphatic heterocycles. The Morgan fingerprint density at radius 2 is 1.97 bits per heavy atom. The zero-order valence-electron chi connectivity index (χ0n) is 17.6. The van der Waals surface area contributed by atoms with Gasteiger partial charge in [-0.05, 0) is 55.3 Å². The lowest BCUT2D eigenvalue weighted by atomic mass is 9.99. The van der Waals surface area contributed by atoms with Crippen LogP contribution in [0.4, 0.5) is 10.1 Å². The first-order valence-electron chi connectivity index (χ1n) is 10.1. The molecule has 4 nitrogen and oxygen atoms in total. The van der Waals surface area contributed by atoms with Crippen molar-refractivity contribution in [2.45, 2.75) is 13.8 Å². The lowest BCUT2D eigenvalue weighted by Crippen LogP contribution is -2.10. The lowest BCUT2D eigenvalue weighted by Gasteiger charge is -2.12. The first-order chi connectivity index (χ1) is 15.5. The van der Waals surface area contributed by atoms with E-state index >= 15 is 0 Å². The normalized spacial score (nSPS) is 11.6. The van der Waals surface area contributed by atoms with Crippen molar-refractivity contribution >= 4 is 44.1 Å². The van der Waals surface area contributed by atoms with E-state index in [1.807, 2.05) is 50.2 Å². The van der Waals surface area contributed by atoms with Gasteiger partial charge in [0.2, 0.25) is 5.91 Å². The van der Waals surface area contributed by atoms with Gasteiger partial charge in [-0.1, -0.05) is 40.2 Å². The number of furan rings is 1. The fourth-order valence-corrected chi connectivity index (χ4v) is 3.92. The highest BCUT2D eigenvalue weighted by Gasteiger charge is 2.16. The summed E-state index contributed by atoms with van der Waals surface area (Å²) in [6.45, 7) is 4.18. The number of anilines is 1. The largest absolute Gasteiger partial charge is 0.493 e. The lowest BCUT2D eigenvalue weighted by molar-refractivity contribution is -0.111. The molecule has 4 rings (SSSR count). The minimum atomic E-state index is -0.486. The van der Waals surface area contributed by atoms with Gasteiger partial charge in [0.25, 0.3) is 0 Å². The number of carbonyl (C=O) groups excluding carboxylic acids is 1. The van der Waals surface area contributed by atoms with E-state index in [9.17, 15) is 9.18 Å². The van der Waals surface area contributed by atoms with Gasteiger partial charge in [0.05, 0.1) is 18.6 Å². The van der Waals surface area contributed by atoms with Crippen LogP contribution in [0.1, 0.15) is 19.4 Å². The van der Waals surface area contributed by atoms with E-state index in [4.69, 9.17) is 9.15 Å². The van der Waals surface area contributed by atoms with Crippen LogP contribution in [-0.2, 0) is 4.79 Å². The second-order valence-corrected chi connectivity index (χ2v) is 8.15. The molecule has 1 aromatic heterocycles. The number of halogens is 2. The van der Waals surface area contributed by atoms with Crippen LogP contribution in [0.3, 0.4) is 0 Å². The van der Waals surface area contributed by atoms with Gasteiger partial charge in [-0.25, -0.2) is 4.39 Å². The van der Waals surface area contributed by atoms with Gasteiger partial charge in [-0.3, -0.25) is 4.79 Å². The predicted molar refractivity (Wildman–Crippen MR) is 129 cm³/mol.